The summed E-state index contributed by atoms with van der Waals surface area (Å²) in [5, 5.41) is 28.8. The second-order valence-corrected chi connectivity index (χ2v) is 9.53. The van der Waals surface area contributed by atoms with E-state index in [0.29, 0.717) is 24.3 Å². The zero-order valence-corrected chi connectivity index (χ0v) is 22.0. The number of hydrogen-bond acceptors (Lipinski definition) is 7. The second-order valence-electron chi connectivity index (χ2n) is 9.53. The molecule has 11 nitrogen and oxygen atoms in total. The number of amides is 1. The minimum absolute atomic E-state index is 0.0261. The molecule has 11 heteroatoms. The van der Waals surface area contributed by atoms with Crippen molar-refractivity contribution >= 4 is 29.5 Å². The van der Waals surface area contributed by atoms with Crippen molar-refractivity contribution in [2.24, 2.45) is 5.73 Å². The fraction of sp³-hybridized carbons (Fsp3) is 0.233. The van der Waals surface area contributed by atoms with E-state index in [4.69, 9.17) is 25.7 Å². The molecule has 0 saturated heterocycles. The van der Waals surface area contributed by atoms with Gasteiger partial charge in [0, 0.05) is 30.4 Å². The summed E-state index contributed by atoms with van der Waals surface area (Å²) in [4.78, 5) is 47.8. The van der Waals surface area contributed by atoms with Gasteiger partial charge in [0.1, 0.15) is 23.9 Å². The van der Waals surface area contributed by atoms with Crippen LogP contribution in [0.5, 0.6) is 11.5 Å². The molecule has 1 aliphatic rings. The number of ether oxygens (including phenoxy) is 2. The number of carbonyl (C=O) groups excluding carboxylic acids is 2. The van der Waals surface area contributed by atoms with Crippen LogP contribution in [0, 0.1) is 5.41 Å². The van der Waals surface area contributed by atoms with E-state index in [2.05, 4.69) is 5.32 Å². The highest BCUT2D eigenvalue weighted by Gasteiger charge is 2.25. The van der Waals surface area contributed by atoms with Crippen LogP contribution in [-0.4, -0.2) is 58.9 Å². The molecule has 3 aromatic rings. The van der Waals surface area contributed by atoms with Crippen LogP contribution in [0.15, 0.2) is 60.7 Å². The molecule has 0 unspecified atom stereocenters. The maximum atomic E-state index is 13.5. The van der Waals surface area contributed by atoms with Gasteiger partial charge >= 0.3 is 11.9 Å². The molecular weight excluding hydrogens is 530 g/mol. The van der Waals surface area contributed by atoms with Crippen LogP contribution in [0.4, 0.5) is 0 Å². The van der Waals surface area contributed by atoms with Gasteiger partial charge in [-0.25, -0.2) is 4.79 Å². The smallest absolute Gasteiger partial charge is 0.372 e. The van der Waals surface area contributed by atoms with Crippen molar-refractivity contribution in [3.63, 3.8) is 0 Å². The van der Waals surface area contributed by atoms with E-state index in [0.717, 1.165) is 16.7 Å². The number of carboxylic acid groups (broad SMARTS) is 2. The normalized spacial score (nSPS) is 12.5. The third kappa shape index (κ3) is 7.27. The number of aliphatic carboxylic acids is 2. The third-order valence-electron chi connectivity index (χ3n) is 6.59. The Morgan fingerprint density at radius 3 is 2.46 bits per heavy atom. The summed E-state index contributed by atoms with van der Waals surface area (Å²) in [6.07, 6.45) is -0.0555. The van der Waals surface area contributed by atoms with Crippen molar-refractivity contribution in [1.29, 1.82) is 5.41 Å². The number of ketones is 1. The van der Waals surface area contributed by atoms with Crippen LogP contribution in [-0.2, 0) is 27.2 Å². The summed E-state index contributed by atoms with van der Waals surface area (Å²) < 4.78 is 11.6. The number of hydrogen-bond donors (Lipinski definition) is 5. The molecule has 0 saturated carbocycles. The van der Waals surface area contributed by atoms with Gasteiger partial charge in [-0.1, -0.05) is 42.5 Å². The molecule has 1 amide bonds. The third-order valence-corrected chi connectivity index (χ3v) is 6.59. The summed E-state index contributed by atoms with van der Waals surface area (Å²) in [5.41, 5.74) is 9.07. The highest BCUT2D eigenvalue weighted by molar-refractivity contribution is 6.33. The van der Waals surface area contributed by atoms with Crippen molar-refractivity contribution in [1.82, 2.24) is 5.32 Å². The van der Waals surface area contributed by atoms with Crippen molar-refractivity contribution in [2.75, 3.05) is 13.2 Å². The zero-order chi connectivity index (χ0) is 29.5. The number of Topliss-reactive ketones (excluding diaryl/α,β-unsaturated/α-hetero) is 1. The summed E-state index contributed by atoms with van der Waals surface area (Å²) in [5.74, 6) is -3.90. The van der Waals surface area contributed by atoms with Gasteiger partial charge < -0.3 is 30.7 Å². The van der Waals surface area contributed by atoms with Crippen LogP contribution in [0.2, 0.25) is 0 Å². The van der Waals surface area contributed by atoms with Gasteiger partial charge in [-0.3, -0.25) is 19.8 Å². The first-order valence-corrected chi connectivity index (χ1v) is 12.9. The van der Waals surface area contributed by atoms with Crippen LogP contribution in [0.25, 0.3) is 11.1 Å². The van der Waals surface area contributed by atoms with Crippen molar-refractivity contribution in [2.45, 2.75) is 31.7 Å². The lowest BCUT2D eigenvalue weighted by molar-refractivity contribution is -0.148. The van der Waals surface area contributed by atoms with E-state index in [-0.39, 0.29) is 42.2 Å². The molecule has 0 radical (unpaired) electrons. The van der Waals surface area contributed by atoms with Gasteiger partial charge in [0.05, 0.1) is 18.2 Å². The number of fused-ring (bicyclic) bond motifs is 1. The van der Waals surface area contributed by atoms with E-state index in [9.17, 15) is 24.3 Å². The molecule has 6 N–H and O–H groups in total. The minimum atomic E-state index is -1.61. The van der Waals surface area contributed by atoms with Crippen molar-refractivity contribution in [3.05, 3.63) is 82.9 Å². The Kier molecular flexibility index (Phi) is 8.98. The Hall–Kier alpha value is -5.19. The Morgan fingerprint density at radius 1 is 1.02 bits per heavy atom. The molecule has 4 rings (SSSR count). The molecule has 0 bridgehead atoms. The largest absolute Gasteiger partial charge is 0.492 e. The Labute approximate surface area is 235 Å². The Bertz CT molecular complexity index is 1500. The number of nitrogen functional groups attached to an aromatic ring is 1. The predicted octanol–water partition coefficient (Wildman–Crippen LogP) is 2.81. The summed E-state index contributed by atoms with van der Waals surface area (Å²) in [7, 11) is 0. The molecule has 41 heavy (non-hydrogen) atoms. The fourth-order valence-electron chi connectivity index (χ4n) is 4.47. The topological polar surface area (TPSA) is 189 Å². The monoisotopic (exact) mass is 559 g/mol. The minimum Gasteiger partial charge on any atom is -0.492 e. The molecule has 1 aliphatic heterocycles. The van der Waals surface area contributed by atoms with Gasteiger partial charge in [-0.05, 0) is 41.3 Å². The maximum absolute atomic E-state index is 13.5. The molecule has 0 fully saturated rings. The fourth-order valence-corrected chi connectivity index (χ4v) is 4.47. The van der Waals surface area contributed by atoms with E-state index in [1.165, 1.54) is 18.2 Å². The average Bonchev–Trinajstić information content (AvgIpc) is 3.43. The van der Waals surface area contributed by atoms with Gasteiger partial charge in [-0.15, -0.1) is 0 Å². The number of carbonyl (C=O) groups is 4. The number of nitrogens with two attached hydrogens (primary N) is 1. The highest BCUT2D eigenvalue weighted by Crippen LogP contribution is 2.35. The number of rotatable bonds is 13. The van der Waals surface area contributed by atoms with Crippen LogP contribution < -0.4 is 20.5 Å². The number of carboxylic acids is 2. The number of nitrogens with one attached hydrogen (secondary N) is 2. The summed E-state index contributed by atoms with van der Waals surface area (Å²) >= 11 is 0. The average molecular weight is 560 g/mol. The van der Waals surface area contributed by atoms with E-state index < -0.39 is 36.1 Å². The molecule has 0 aromatic heterocycles. The number of benzene rings is 3. The SMILES string of the molecule is N=C(N)c1ccc(CC(=O)C(=O)O)c(OC[C@@H](CCC(=O)O)NC(=O)c2cc(-c3ccccc3)cc3c2OCC3)c1. The predicted molar refractivity (Wildman–Crippen MR) is 149 cm³/mol. The van der Waals surface area contributed by atoms with Gasteiger partial charge in [0.25, 0.3) is 5.91 Å². The van der Waals surface area contributed by atoms with Gasteiger partial charge in [0.2, 0.25) is 5.78 Å². The first-order valence-electron chi connectivity index (χ1n) is 12.9. The Balaban J connectivity index is 1.59. The van der Waals surface area contributed by atoms with Crippen LogP contribution in [0.1, 0.15) is 39.9 Å². The summed E-state index contributed by atoms with van der Waals surface area (Å²) in [6, 6.07) is 16.8. The van der Waals surface area contributed by atoms with Crippen molar-refractivity contribution in [3.8, 4) is 22.6 Å². The highest BCUT2D eigenvalue weighted by atomic mass is 16.5. The molecule has 212 valence electrons. The zero-order valence-electron chi connectivity index (χ0n) is 22.0. The molecule has 1 atom stereocenters. The molecule has 0 spiro atoms. The van der Waals surface area contributed by atoms with Crippen molar-refractivity contribution < 1.29 is 38.9 Å². The van der Waals surface area contributed by atoms with E-state index >= 15 is 0 Å². The molecular formula is C30H29N3O8. The van der Waals surface area contributed by atoms with E-state index in [1.54, 1.807) is 6.07 Å². The first kappa shape index (κ1) is 28.8. The van der Waals surface area contributed by atoms with Crippen LogP contribution >= 0.6 is 0 Å². The quantitative estimate of drug-likeness (QED) is 0.119. The van der Waals surface area contributed by atoms with Gasteiger partial charge in [-0.2, -0.15) is 0 Å². The standard InChI is InChI=1S/C30H29N3O8/c31-28(32)20-7-6-18(14-24(34)30(38)39)25(15-20)41-16-22(8-9-26(35)36)33-29(37)23-13-21(17-4-2-1-3-5-17)12-19-10-11-40-27(19)23/h1-7,12-13,15,22H,8-11,14,16H2,(H3,31,32)(H,33,37)(H,35,36)(H,38,39)/t22-/m1/s1. The lowest BCUT2D eigenvalue weighted by atomic mass is 9.97. The second kappa shape index (κ2) is 12.8. The molecule has 1 heterocycles. The van der Waals surface area contributed by atoms with Crippen LogP contribution in [0.3, 0.4) is 0 Å². The first-order chi connectivity index (χ1) is 19.6. The summed E-state index contributed by atoms with van der Waals surface area (Å²) in [6.45, 7) is 0.236. The lowest BCUT2D eigenvalue weighted by Gasteiger charge is -2.21. The lowest BCUT2D eigenvalue weighted by Crippen LogP contribution is -2.39. The molecule has 0 aliphatic carbocycles. The van der Waals surface area contributed by atoms with E-state index in [1.807, 2.05) is 36.4 Å². The molecule has 3 aromatic carbocycles. The van der Waals surface area contributed by atoms with Gasteiger partial charge in [0.15, 0.2) is 0 Å². The Morgan fingerprint density at radius 2 is 1.78 bits per heavy atom. The maximum Gasteiger partial charge on any atom is 0.372 e. The number of amidine groups is 1.